The van der Waals surface area contributed by atoms with Gasteiger partial charge in [0, 0.05) is 0 Å². The second-order valence-electron chi connectivity index (χ2n) is 7.02. The SMILES string of the molecule is CCOC(=O)/C(=C\[Te]c1ccccc1)C/C(=C\CC[Te]c1ccccc1)c1ccccc1. The summed E-state index contributed by atoms with van der Waals surface area (Å²) in [5.41, 5.74) is 3.18. The first-order valence-corrected chi connectivity index (χ1v) is 16.1. The van der Waals surface area contributed by atoms with Crippen molar-refractivity contribution in [1.82, 2.24) is 0 Å². The molecule has 0 atom stereocenters. The van der Waals surface area contributed by atoms with Crippen molar-refractivity contribution >= 4 is 60.6 Å². The van der Waals surface area contributed by atoms with E-state index in [1.165, 1.54) is 22.8 Å². The standard InChI is InChI=1S/C28H28O2Te2/c1-2-30-28(29)25(22-32-27-18-10-5-11-19-27)21-24(23-13-6-3-7-14-23)15-12-20-31-26-16-8-4-9-17-26/h3-11,13-19,22H,2,12,20-21H2,1H3/b24-15+,25-22-. The summed E-state index contributed by atoms with van der Waals surface area (Å²) in [5, 5.41) is 0. The van der Waals surface area contributed by atoms with E-state index >= 15 is 0 Å². The molecule has 0 amide bonds. The Morgan fingerprint density at radius 2 is 1.44 bits per heavy atom. The molecule has 0 N–H and O–H groups in total. The van der Waals surface area contributed by atoms with Gasteiger partial charge >= 0.3 is 213 Å². The number of hydrogen-bond donors (Lipinski definition) is 0. The summed E-state index contributed by atoms with van der Waals surface area (Å²) < 4.78 is 11.6. The van der Waals surface area contributed by atoms with E-state index in [0.717, 1.165) is 12.0 Å². The molecule has 0 radical (unpaired) electrons. The molecule has 0 aliphatic heterocycles. The van der Waals surface area contributed by atoms with Crippen LogP contribution in [0.25, 0.3) is 5.57 Å². The second kappa shape index (κ2) is 14.4. The predicted octanol–water partition coefficient (Wildman–Crippen LogP) is 4.77. The fraction of sp³-hybridized carbons (Fsp3) is 0.179. The first kappa shape index (κ1) is 24.8. The van der Waals surface area contributed by atoms with Crippen molar-refractivity contribution in [3.8, 4) is 0 Å². The van der Waals surface area contributed by atoms with Crippen molar-refractivity contribution in [2.75, 3.05) is 6.61 Å². The monoisotopic (exact) mass is 656 g/mol. The van der Waals surface area contributed by atoms with Crippen molar-refractivity contribution in [3.05, 3.63) is 112 Å². The molecule has 164 valence electrons. The van der Waals surface area contributed by atoms with E-state index in [-0.39, 0.29) is 26.9 Å². The minimum atomic E-state index is -0.594. The molecule has 32 heavy (non-hydrogen) atoms. The molecule has 0 bridgehead atoms. The van der Waals surface area contributed by atoms with E-state index in [2.05, 4.69) is 89.1 Å². The maximum atomic E-state index is 12.8. The zero-order valence-corrected chi connectivity index (χ0v) is 22.9. The molecular weight excluding hydrogens is 624 g/mol. The Labute approximate surface area is 211 Å². The summed E-state index contributed by atoms with van der Waals surface area (Å²) in [6.45, 7) is 2.26. The molecule has 0 unspecified atom stereocenters. The van der Waals surface area contributed by atoms with Crippen molar-refractivity contribution in [2.24, 2.45) is 0 Å². The molecule has 3 aromatic carbocycles. The number of ether oxygens (including phenoxy) is 1. The van der Waals surface area contributed by atoms with Crippen LogP contribution in [0.2, 0.25) is 4.47 Å². The first-order valence-electron chi connectivity index (χ1n) is 10.8. The van der Waals surface area contributed by atoms with E-state index in [1.807, 2.05) is 19.1 Å². The van der Waals surface area contributed by atoms with E-state index < -0.39 is 20.9 Å². The van der Waals surface area contributed by atoms with Gasteiger partial charge < -0.3 is 0 Å². The van der Waals surface area contributed by atoms with Crippen LogP contribution in [0.5, 0.6) is 0 Å². The third-order valence-corrected chi connectivity index (χ3v) is 10.3. The van der Waals surface area contributed by atoms with Gasteiger partial charge in [0.2, 0.25) is 0 Å². The minimum absolute atomic E-state index is 0.187. The van der Waals surface area contributed by atoms with Crippen LogP contribution in [0.15, 0.2) is 107 Å². The van der Waals surface area contributed by atoms with Gasteiger partial charge in [-0.15, -0.1) is 0 Å². The van der Waals surface area contributed by atoms with Crippen molar-refractivity contribution in [2.45, 2.75) is 24.2 Å². The molecule has 4 heteroatoms. The molecule has 0 aliphatic carbocycles. The fourth-order valence-corrected chi connectivity index (χ4v) is 7.65. The molecule has 0 fully saturated rings. The summed E-state index contributed by atoms with van der Waals surface area (Å²) in [5.74, 6) is -0.187. The van der Waals surface area contributed by atoms with Crippen LogP contribution in [0, 0.1) is 0 Å². The Morgan fingerprint density at radius 3 is 2.06 bits per heavy atom. The van der Waals surface area contributed by atoms with Crippen molar-refractivity contribution < 1.29 is 9.53 Å². The number of allylic oxidation sites excluding steroid dienone is 2. The fourth-order valence-electron chi connectivity index (χ4n) is 3.10. The third kappa shape index (κ3) is 8.61. The molecule has 0 saturated heterocycles. The van der Waals surface area contributed by atoms with E-state index in [0.29, 0.717) is 13.0 Å². The van der Waals surface area contributed by atoms with Gasteiger partial charge in [-0.05, 0) is 0 Å². The molecular formula is C28H28O2Te2. The second-order valence-corrected chi connectivity index (χ2v) is 13.0. The number of esters is 1. The topological polar surface area (TPSA) is 26.3 Å². The Morgan fingerprint density at radius 1 is 0.844 bits per heavy atom. The van der Waals surface area contributed by atoms with Crippen molar-refractivity contribution in [1.29, 1.82) is 0 Å². The molecule has 3 aromatic rings. The quantitative estimate of drug-likeness (QED) is 0.129. The van der Waals surface area contributed by atoms with Crippen LogP contribution in [-0.4, -0.2) is 54.4 Å². The summed E-state index contributed by atoms with van der Waals surface area (Å²) >= 11 is -0.783. The van der Waals surface area contributed by atoms with Gasteiger partial charge in [-0.3, -0.25) is 0 Å². The molecule has 0 heterocycles. The Bertz CT molecular complexity index is 1010. The Balaban J connectivity index is 1.77. The van der Waals surface area contributed by atoms with Gasteiger partial charge in [0.05, 0.1) is 0 Å². The Hall–Kier alpha value is -1.81. The number of benzene rings is 3. The van der Waals surface area contributed by atoms with E-state index in [1.54, 1.807) is 0 Å². The third-order valence-electron chi connectivity index (χ3n) is 4.66. The van der Waals surface area contributed by atoms with Crippen LogP contribution >= 0.6 is 0 Å². The van der Waals surface area contributed by atoms with Gasteiger partial charge in [-0.25, -0.2) is 0 Å². The van der Waals surface area contributed by atoms with Gasteiger partial charge in [0.15, 0.2) is 0 Å². The zero-order chi connectivity index (χ0) is 22.4. The zero-order valence-electron chi connectivity index (χ0n) is 18.3. The molecule has 0 saturated carbocycles. The number of hydrogen-bond acceptors (Lipinski definition) is 2. The number of carbonyl (C=O) groups excluding carboxylic acids is 1. The van der Waals surface area contributed by atoms with Crippen LogP contribution < -0.4 is 7.22 Å². The van der Waals surface area contributed by atoms with Gasteiger partial charge in [-0.1, -0.05) is 0 Å². The summed E-state index contributed by atoms with van der Waals surface area (Å²) in [6, 6.07) is 31.7. The van der Waals surface area contributed by atoms with Crippen LogP contribution in [0.1, 0.15) is 25.3 Å². The normalized spacial score (nSPS) is 11.9. The Kier molecular flexibility index (Phi) is 11.1. The average Bonchev–Trinajstić information content (AvgIpc) is 2.85. The maximum absolute atomic E-state index is 12.8. The summed E-state index contributed by atoms with van der Waals surface area (Å²) in [4.78, 5) is 12.8. The molecule has 0 aliphatic rings. The van der Waals surface area contributed by atoms with E-state index in [4.69, 9.17) is 4.74 Å². The summed E-state index contributed by atoms with van der Waals surface area (Å²) in [7, 11) is 0. The first-order chi connectivity index (χ1) is 15.8. The van der Waals surface area contributed by atoms with Gasteiger partial charge in [0.1, 0.15) is 0 Å². The van der Waals surface area contributed by atoms with Crippen LogP contribution in [-0.2, 0) is 9.53 Å². The predicted molar refractivity (Wildman–Crippen MR) is 137 cm³/mol. The molecule has 0 aromatic heterocycles. The van der Waals surface area contributed by atoms with E-state index in [9.17, 15) is 4.79 Å². The summed E-state index contributed by atoms with van der Waals surface area (Å²) in [6.07, 6.45) is 3.98. The van der Waals surface area contributed by atoms with Crippen LogP contribution in [0.3, 0.4) is 0 Å². The average molecular weight is 652 g/mol. The molecule has 3 rings (SSSR count). The van der Waals surface area contributed by atoms with Crippen LogP contribution in [0.4, 0.5) is 0 Å². The molecule has 2 nitrogen and oxygen atoms in total. The van der Waals surface area contributed by atoms with Crippen molar-refractivity contribution in [3.63, 3.8) is 0 Å². The van der Waals surface area contributed by atoms with Gasteiger partial charge in [0.25, 0.3) is 0 Å². The molecule has 0 spiro atoms. The number of carbonyl (C=O) groups is 1. The number of rotatable bonds is 11. The van der Waals surface area contributed by atoms with Gasteiger partial charge in [-0.2, -0.15) is 0 Å².